The van der Waals surface area contributed by atoms with Crippen LogP contribution in [0.1, 0.15) is 23.7 Å². The lowest BCUT2D eigenvalue weighted by molar-refractivity contribution is -0.114. The van der Waals surface area contributed by atoms with Crippen molar-refractivity contribution < 1.29 is 9.53 Å². The Labute approximate surface area is 164 Å². The summed E-state index contributed by atoms with van der Waals surface area (Å²) in [4.78, 5) is 21.0. The fourth-order valence-corrected chi connectivity index (χ4v) is 3.20. The molecule has 0 fully saturated rings. The van der Waals surface area contributed by atoms with Gasteiger partial charge in [0.25, 0.3) is 0 Å². The van der Waals surface area contributed by atoms with Gasteiger partial charge in [-0.15, -0.1) is 11.3 Å². The van der Waals surface area contributed by atoms with Gasteiger partial charge < -0.3 is 20.7 Å². The van der Waals surface area contributed by atoms with Gasteiger partial charge >= 0.3 is 0 Å². The Balaban J connectivity index is 1.66. The number of anilines is 1. The first-order chi connectivity index (χ1) is 13.1. The summed E-state index contributed by atoms with van der Waals surface area (Å²) in [5.41, 5.74) is 0.721. The van der Waals surface area contributed by atoms with Crippen LogP contribution in [0.15, 0.2) is 35.5 Å². The summed E-state index contributed by atoms with van der Waals surface area (Å²) in [5.74, 6) is 1.34. The van der Waals surface area contributed by atoms with E-state index in [4.69, 9.17) is 4.74 Å². The fourth-order valence-electron chi connectivity index (χ4n) is 2.34. The molecular formula is C19H27N5O2S. The van der Waals surface area contributed by atoms with Gasteiger partial charge in [-0.05, 0) is 18.6 Å². The smallest absolute Gasteiger partial charge is 0.221 e. The van der Waals surface area contributed by atoms with E-state index in [1.54, 1.807) is 24.5 Å². The number of aryl methyl sites for hydroxylation is 1. The molecule has 0 atom stereocenters. The zero-order valence-corrected chi connectivity index (χ0v) is 16.9. The number of nitrogens with one attached hydrogen (secondary N) is 3. The number of ether oxygens (including phenoxy) is 1. The normalized spacial score (nSPS) is 11.1. The number of hydrogen-bond donors (Lipinski definition) is 3. The predicted octanol–water partition coefficient (Wildman–Crippen LogP) is 2.45. The number of guanidine groups is 1. The molecule has 0 saturated carbocycles. The van der Waals surface area contributed by atoms with Crippen molar-refractivity contribution in [1.82, 2.24) is 15.6 Å². The van der Waals surface area contributed by atoms with Crippen LogP contribution in [-0.2, 0) is 17.6 Å². The molecule has 2 aromatic rings. The maximum absolute atomic E-state index is 11.1. The molecule has 1 heterocycles. The van der Waals surface area contributed by atoms with E-state index in [9.17, 15) is 4.79 Å². The molecule has 0 unspecified atom stereocenters. The molecule has 1 aromatic heterocycles. The minimum absolute atomic E-state index is 0.104. The maximum Gasteiger partial charge on any atom is 0.221 e. The Hall–Kier alpha value is -2.61. The highest BCUT2D eigenvalue weighted by atomic mass is 32.1. The highest BCUT2D eigenvalue weighted by molar-refractivity contribution is 7.11. The Morgan fingerprint density at radius 3 is 2.81 bits per heavy atom. The third kappa shape index (κ3) is 7.65. The molecule has 8 heteroatoms. The van der Waals surface area contributed by atoms with Gasteiger partial charge in [0.05, 0.1) is 11.6 Å². The molecule has 0 radical (unpaired) electrons. The average Bonchev–Trinajstić information content (AvgIpc) is 3.11. The van der Waals surface area contributed by atoms with Crippen LogP contribution < -0.4 is 20.7 Å². The topological polar surface area (TPSA) is 87.6 Å². The number of thiazole rings is 1. The minimum atomic E-state index is -0.104. The lowest BCUT2D eigenvalue weighted by atomic mass is 10.3. The van der Waals surface area contributed by atoms with E-state index in [2.05, 4.69) is 32.9 Å². The second-order valence-electron chi connectivity index (χ2n) is 5.81. The van der Waals surface area contributed by atoms with Crippen LogP contribution in [-0.4, -0.2) is 43.6 Å². The SMILES string of the molecule is CCc1cnc(CCNC(=NC)NCCOc2cccc(NC(C)=O)c2)s1. The van der Waals surface area contributed by atoms with Crippen molar-refractivity contribution in [2.45, 2.75) is 26.7 Å². The Morgan fingerprint density at radius 2 is 2.11 bits per heavy atom. The van der Waals surface area contributed by atoms with Gasteiger partial charge in [-0.2, -0.15) is 0 Å². The Kier molecular flexibility index (Phi) is 8.57. The molecule has 27 heavy (non-hydrogen) atoms. The molecule has 0 bridgehead atoms. The molecule has 0 aliphatic rings. The third-order valence-electron chi connectivity index (χ3n) is 3.62. The molecule has 0 aliphatic carbocycles. The van der Waals surface area contributed by atoms with Crippen molar-refractivity contribution >= 4 is 28.9 Å². The van der Waals surface area contributed by atoms with E-state index in [0.717, 1.165) is 36.0 Å². The summed E-state index contributed by atoms with van der Waals surface area (Å²) in [6.45, 7) is 5.49. The molecule has 3 N–H and O–H groups in total. The zero-order valence-electron chi connectivity index (χ0n) is 16.0. The molecule has 1 amide bonds. The second kappa shape index (κ2) is 11.2. The van der Waals surface area contributed by atoms with Gasteiger partial charge in [-0.25, -0.2) is 4.98 Å². The molecule has 146 valence electrons. The van der Waals surface area contributed by atoms with Crippen LogP contribution >= 0.6 is 11.3 Å². The quantitative estimate of drug-likeness (QED) is 0.348. The molecule has 1 aromatic carbocycles. The van der Waals surface area contributed by atoms with Crippen LogP contribution in [0.2, 0.25) is 0 Å². The van der Waals surface area contributed by atoms with Crippen LogP contribution in [0.5, 0.6) is 5.75 Å². The van der Waals surface area contributed by atoms with Crippen molar-refractivity contribution in [3.8, 4) is 5.75 Å². The van der Waals surface area contributed by atoms with E-state index in [-0.39, 0.29) is 5.91 Å². The Bertz CT molecular complexity index is 760. The third-order valence-corrected chi connectivity index (χ3v) is 4.82. The molecule has 0 spiro atoms. The lowest BCUT2D eigenvalue weighted by Crippen LogP contribution is -2.40. The van der Waals surface area contributed by atoms with Gasteiger partial charge in [-0.1, -0.05) is 13.0 Å². The summed E-state index contributed by atoms with van der Waals surface area (Å²) in [5, 5.41) is 10.4. The van der Waals surface area contributed by atoms with E-state index >= 15 is 0 Å². The largest absolute Gasteiger partial charge is 0.492 e. The second-order valence-corrected chi connectivity index (χ2v) is 7.01. The van der Waals surface area contributed by atoms with Crippen molar-refractivity contribution in [3.63, 3.8) is 0 Å². The number of carbonyl (C=O) groups is 1. The van der Waals surface area contributed by atoms with E-state index < -0.39 is 0 Å². The van der Waals surface area contributed by atoms with Crippen LogP contribution in [0.25, 0.3) is 0 Å². The summed E-state index contributed by atoms with van der Waals surface area (Å²) >= 11 is 1.76. The van der Waals surface area contributed by atoms with E-state index in [1.165, 1.54) is 11.8 Å². The summed E-state index contributed by atoms with van der Waals surface area (Å²) in [7, 11) is 1.74. The van der Waals surface area contributed by atoms with E-state index in [0.29, 0.717) is 18.9 Å². The molecular weight excluding hydrogens is 362 g/mol. The summed E-state index contributed by atoms with van der Waals surface area (Å²) < 4.78 is 5.71. The highest BCUT2D eigenvalue weighted by Crippen LogP contribution is 2.17. The number of benzene rings is 1. The molecule has 2 rings (SSSR count). The molecule has 0 aliphatic heterocycles. The van der Waals surface area contributed by atoms with Crippen molar-refractivity contribution in [1.29, 1.82) is 0 Å². The average molecular weight is 390 g/mol. The fraction of sp³-hybridized carbons (Fsp3) is 0.421. The lowest BCUT2D eigenvalue weighted by Gasteiger charge is -2.12. The number of amides is 1. The van der Waals surface area contributed by atoms with Crippen molar-refractivity contribution in [2.75, 3.05) is 32.1 Å². The maximum atomic E-state index is 11.1. The number of nitrogens with zero attached hydrogens (tertiary/aromatic N) is 2. The van der Waals surface area contributed by atoms with Gasteiger partial charge in [0.15, 0.2) is 5.96 Å². The number of aliphatic imine (C=N–C) groups is 1. The van der Waals surface area contributed by atoms with Crippen LogP contribution in [0.3, 0.4) is 0 Å². The summed E-state index contributed by atoms with van der Waals surface area (Å²) in [6, 6.07) is 7.32. The van der Waals surface area contributed by atoms with E-state index in [1.807, 2.05) is 24.4 Å². The van der Waals surface area contributed by atoms with Crippen molar-refractivity contribution in [2.24, 2.45) is 4.99 Å². The summed E-state index contributed by atoms with van der Waals surface area (Å²) in [6.07, 6.45) is 3.85. The number of rotatable bonds is 9. The minimum Gasteiger partial charge on any atom is -0.492 e. The molecule has 7 nitrogen and oxygen atoms in total. The van der Waals surface area contributed by atoms with Crippen LogP contribution in [0, 0.1) is 0 Å². The first-order valence-electron chi connectivity index (χ1n) is 8.99. The number of carbonyl (C=O) groups excluding carboxylic acids is 1. The Morgan fingerprint density at radius 1 is 1.30 bits per heavy atom. The molecule has 0 saturated heterocycles. The van der Waals surface area contributed by atoms with Crippen molar-refractivity contribution in [3.05, 3.63) is 40.3 Å². The zero-order chi connectivity index (χ0) is 19.5. The first kappa shape index (κ1) is 20.7. The van der Waals surface area contributed by atoms with Gasteiger partial charge in [-0.3, -0.25) is 9.79 Å². The number of hydrogen-bond acceptors (Lipinski definition) is 5. The highest BCUT2D eigenvalue weighted by Gasteiger charge is 2.03. The van der Waals surface area contributed by atoms with Crippen LogP contribution in [0.4, 0.5) is 5.69 Å². The van der Waals surface area contributed by atoms with Gasteiger partial charge in [0.1, 0.15) is 12.4 Å². The van der Waals surface area contributed by atoms with Gasteiger partial charge in [0, 0.05) is 49.8 Å². The first-order valence-corrected chi connectivity index (χ1v) is 9.81. The van der Waals surface area contributed by atoms with Gasteiger partial charge in [0.2, 0.25) is 5.91 Å². The predicted molar refractivity (Wildman–Crippen MR) is 111 cm³/mol. The monoisotopic (exact) mass is 389 g/mol. The number of aromatic nitrogens is 1. The standard InChI is InChI=1S/C19H27N5O2S/c1-4-17-13-23-18(27-17)8-9-21-19(20-3)22-10-11-26-16-7-5-6-15(12-16)24-14(2)25/h5-7,12-13H,4,8-11H2,1-3H3,(H,24,25)(H2,20,21,22).